The van der Waals surface area contributed by atoms with Crippen molar-refractivity contribution >= 4 is 17.7 Å². The van der Waals surface area contributed by atoms with Crippen molar-refractivity contribution in [3.63, 3.8) is 0 Å². The topological polar surface area (TPSA) is 53.0 Å². The summed E-state index contributed by atoms with van der Waals surface area (Å²) in [6.07, 6.45) is 4.34. The number of carbonyl (C=O) groups is 1. The lowest BCUT2D eigenvalue weighted by Crippen LogP contribution is -2.53. The van der Waals surface area contributed by atoms with E-state index in [1.54, 1.807) is 16.7 Å². The lowest BCUT2D eigenvalue weighted by atomic mass is 10.0. The maximum absolute atomic E-state index is 13.0. The molecule has 0 aromatic heterocycles. The van der Waals surface area contributed by atoms with Crippen molar-refractivity contribution in [3.05, 3.63) is 29.8 Å². The molecule has 2 aliphatic rings. The highest BCUT2D eigenvalue weighted by Gasteiger charge is 2.37. The third kappa shape index (κ3) is 4.11. The van der Waals surface area contributed by atoms with Crippen LogP contribution in [0.15, 0.2) is 29.2 Å². The molecule has 1 N–H and O–H groups in total. The second kappa shape index (κ2) is 7.87. The van der Waals surface area contributed by atoms with Gasteiger partial charge in [-0.2, -0.15) is 0 Å². The highest BCUT2D eigenvalue weighted by molar-refractivity contribution is 7.98. The quantitative estimate of drug-likeness (QED) is 0.838. The van der Waals surface area contributed by atoms with Crippen LogP contribution in [0.2, 0.25) is 0 Å². The standard InChI is InChI=1S/C18H26N2O3S/c1-24-16-7-3-2-6-15(16)17(21)20-10-11-23-14-18(22,13-20)12-19-8-4-5-9-19/h2-3,6-7,22H,4-5,8-14H2,1H3/t18-/m1/s1. The van der Waals surface area contributed by atoms with Gasteiger partial charge in [0.25, 0.3) is 5.91 Å². The Hall–Kier alpha value is -1.08. The first-order valence-electron chi connectivity index (χ1n) is 8.56. The first kappa shape index (κ1) is 17.7. The van der Waals surface area contributed by atoms with Gasteiger partial charge in [-0.25, -0.2) is 0 Å². The van der Waals surface area contributed by atoms with Crippen LogP contribution in [0.4, 0.5) is 0 Å². The van der Waals surface area contributed by atoms with Crippen LogP contribution in [0.25, 0.3) is 0 Å². The molecule has 3 rings (SSSR count). The molecule has 0 aliphatic carbocycles. The molecule has 0 bridgehead atoms. The van der Waals surface area contributed by atoms with Gasteiger partial charge in [0.2, 0.25) is 0 Å². The first-order valence-corrected chi connectivity index (χ1v) is 9.78. The van der Waals surface area contributed by atoms with E-state index in [4.69, 9.17) is 4.74 Å². The second-order valence-electron chi connectivity index (χ2n) is 6.69. The van der Waals surface area contributed by atoms with Crippen LogP contribution in [-0.4, -0.2) is 78.6 Å². The number of nitrogens with zero attached hydrogens (tertiary/aromatic N) is 2. The average molecular weight is 350 g/mol. The molecule has 0 saturated carbocycles. The van der Waals surface area contributed by atoms with E-state index in [0.29, 0.717) is 31.8 Å². The normalized spacial score (nSPS) is 25.7. The van der Waals surface area contributed by atoms with Crippen LogP contribution >= 0.6 is 11.8 Å². The van der Waals surface area contributed by atoms with Crippen molar-refractivity contribution in [2.75, 3.05) is 52.2 Å². The fourth-order valence-corrected chi connectivity index (χ4v) is 4.12. The van der Waals surface area contributed by atoms with Crippen molar-refractivity contribution in [2.24, 2.45) is 0 Å². The number of thioether (sulfide) groups is 1. The maximum Gasteiger partial charge on any atom is 0.255 e. The average Bonchev–Trinajstić information content (AvgIpc) is 3.01. The first-order chi connectivity index (χ1) is 11.6. The van der Waals surface area contributed by atoms with Gasteiger partial charge in [-0.05, 0) is 44.3 Å². The number of benzene rings is 1. The molecular formula is C18H26N2O3S. The monoisotopic (exact) mass is 350 g/mol. The molecule has 2 heterocycles. The molecule has 2 saturated heterocycles. The molecule has 2 aliphatic heterocycles. The van der Waals surface area contributed by atoms with E-state index in [1.165, 1.54) is 12.8 Å². The Morgan fingerprint density at radius 3 is 2.79 bits per heavy atom. The summed E-state index contributed by atoms with van der Waals surface area (Å²) in [7, 11) is 0. The molecule has 0 radical (unpaired) electrons. The summed E-state index contributed by atoms with van der Waals surface area (Å²) in [5.74, 6) is -0.0229. The van der Waals surface area contributed by atoms with Gasteiger partial charge >= 0.3 is 0 Å². The molecule has 5 nitrogen and oxygen atoms in total. The van der Waals surface area contributed by atoms with Gasteiger partial charge < -0.3 is 19.6 Å². The van der Waals surface area contributed by atoms with Crippen LogP contribution in [0.5, 0.6) is 0 Å². The third-order valence-corrected chi connectivity index (χ3v) is 5.50. The van der Waals surface area contributed by atoms with Gasteiger partial charge in [-0.1, -0.05) is 12.1 Å². The Balaban J connectivity index is 1.75. The Morgan fingerprint density at radius 1 is 1.29 bits per heavy atom. The molecule has 1 aromatic carbocycles. The number of hydrogen-bond acceptors (Lipinski definition) is 5. The predicted octanol–water partition coefficient (Wildman–Crippen LogP) is 1.71. The number of carbonyl (C=O) groups excluding carboxylic acids is 1. The van der Waals surface area contributed by atoms with Crippen molar-refractivity contribution in [3.8, 4) is 0 Å². The van der Waals surface area contributed by atoms with Gasteiger partial charge in [0, 0.05) is 18.0 Å². The predicted molar refractivity (Wildman–Crippen MR) is 95.6 cm³/mol. The van der Waals surface area contributed by atoms with E-state index in [9.17, 15) is 9.90 Å². The van der Waals surface area contributed by atoms with Crippen molar-refractivity contribution in [1.29, 1.82) is 0 Å². The molecule has 132 valence electrons. The summed E-state index contributed by atoms with van der Waals surface area (Å²) in [5.41, 5.74) is -0.291. The minimum Gasteiger partial charge on any atom is -0.384 e. The number of aliphatic hydroxyl groups is 1. The fraction of sp³-hybridized carbons (Fsp3) is 0.611. The summed E-state index contributed by atoms with van der Waals surface area (Å²) in [6.45, 7) is 4.21. The van der Waals surface area contributed by atoms with Crippen LogP contribution in [0.3, 0.4) is 0 Å². The SMILES string of the molecule is CSc1ccccc1C(=O)N1CCOC[C@@](O)(CN2CCCC2)C1. The molecule has 0 unspecified atom stereocenters. The van der Waals surface area contributed by atoms with E-state index < -0.39 is 5.60 Å². The number of rotatable bonds is 4. The Morgan fingerprint density at radius 2 is 2.04 bits per heavy atom. The summed E-state index contributed by atoms with van der Waals surface area (Å²) >= 11 is 1.57. The Bertz CT molecular complexity index is 577. The van der Waals surface area contributed by atoms with E-state index in [1.807, 2.05) is 30.5 Å². The minimum atomic E-state index is -0.995. The molecule has 1 aromatic rings. The zero-order valence-electron chi connectivity index (χ0n) is 14.2. The highest BCUT2D eigenvalue weighted by Crippen LogP contribution is 2.24. The van der Waals surface area contributed by atoms with Gasteiger partial charge in [-0.3, -0.25) is 4.79 Å². The molecule has 1 atom stereocenters. The number of β-amino-alcohol motifs (C(OH)–C–C–N with tert-alkyl or cyclic N) is 1. The van der Waals surface area contributed by atoms with Crippen molar-refractivity contribution in [2.45, 2.75) is 23.3 Å². The van der Waals surface area contributed by atoms with Crippen molar-refractivity contribution < 1.29 is 14.6 Å². The summed E-state index contributed by atoms with van der Waals surface area (Å²) in [4.78, 5) is 18.0. The molecule has 24 heavy (non-hydrogen) atoms. The van der Waals surface area contributed by atoms with Crippen LogP contribution < -0.4 is 0 Å². The summed E-state index contributed by atoms with van der Waals surface area (Å²) < 4.78 is 5.62. The number of hydrogen-bond donors (Lipinski definition) is 1. The molecule has 0 spiro atoms. The Kier molecular flexibility index (Phi) is 5.81. The minimum absolute atomic E-state index is 0.0229. The van der Waals surface area contributed by atoms with Gasteiger partial charge in [0.15, 0.2) is 0 Å². The third-order valence-electron chi connectivity index (χ3n) is 4.70. The fourth-order valence-electron chi connectivity index (χ4n) is 3.53. The molecule has 6 heteroatoms. The molecule has 2 fully saturated rings. The summed E-state index contributed by atoms with van der Waals surface area (Å²) in [6, 6.07) is 7.65. The number of amides is 1. The van der Waals surface area contributed by atoms with Crippen molar-refractivity contribution in [1.82, 2.24) is 9.80 Å². The van der Waals surface area contributed by atoms with E-state index in [2.05, 4.69) is 4.90 Å². The lowest BCUT2D eigenvalue weighted by Gasteiger charge is -2.34. The zero-order chi connectivity index (χ0) is 17.0. The molecular weight excluding hydrogens is 324 g/mol. The van der Waals surface area contributed by atoms with Gasteiger partial charge in [0.1, 0.15) is 5.60 Å². The lowest BCUT2D eigenvalue weighted by molar-refractivity contribution is -0.0524. The second-order valence-corrected chi connectivity index (χ2v) is 7.54. The van der Waals surface area contributed by atoms with Crippen LogP contribution in [0.1, 0.15) is 23.2 Å². The maximum atomic E-state index is 13.0. The van der Waals surface area contributed by atoms with E-state index >= 15 is 0 Å². The van der Waals surface area contributed by atoms with Gasteiger partial charge in [-0.15, -0.1) is 11.8 Å². The smallest absolute Gasteiger partial charge is 0.255 e. The van der Waals surface area contributed by atoms with Gasteiger partial charge in [0.05, 0.1) is 25.3 Å². The highest BCUT2D eigenvalue weighted by atomic mass is 32.2. The number of ether oxygens (including phenoxy) is 1. The Labute approximate surface area is 148 Å². The van der Waals surface area contributed by atoms with E-state index in [-0.39, 0.29) is 12.5 Å². The largest absolute Gasteiger partial charge is 0.384 e. The van der Waals surface area contributed by atoms with Crippen LogP contribution in [0, 0.1) is 0 Å². The molecule has 1 amide bonds. The summed E-state index contributed by atoms with van der Waals surface area (Å²) in [5, 5.41) is 11.0. The van der Waals surface area contributed by atoms with Crippen LogP contribution in [-0.2, 0) is 4.74 Å². The number of likely N-dealkylation sites (tertiary alicyclic amines) is 1. The van der Waals surface area contributed by atoms with E-state index in [0.717, 1.165) is 18.0 Å². The zero-order valence-corrected chi connectivity index (χ0v) is 15.1.